The molecule has 0 nitrogen and oxygen atoms in total. The van der Waals surface area contributed by atoms with Crippen molar-refractivity contribution in [3.63, 3.8) is 0 Å². The average Bonchev–Trinajstić information content (AvgIpc) is 3.21. The van der Waals surface area contributed by atoms with Gasteiger partial charge in [-0.3, -0.25) is 0 Å². The lowest BCUT2D eigenvalue weighted by atomic mass is 10.0. The molecule has 0 spiro atoms. The number of hydrogen-bond acceptors (Lipinski definition) is 0. The maximum absolute atomic E-state index is 6.04. The molecule has 0 saturated heterocycles. The first kappa shape index (κ1) is 13.0. The minimum absolute atomic E-state index is 0.638. The van der Waals surface area contributed by atoms with Crippen molar-refractivity contribution in [2.45, 2.75) is 25.2 Å². The highest BCUT2D eigenvalue weighted by Crippen LogP contribution is 2.49. The lowest BCUT2D eigenvalue weighted by Gasteiger charge is -2.03. The summed E-state index contributed by atoms with van der Waals surface area (Å²) in [5.74, 6) is 1.60. The third kappa shape index (κ3) is 3.13. The summed E-state index contributed by atoms with van der Waals surface area (Å²) in [6, 6.07) is 16.8. The Labute approximate surface area is 124 Å². The molecule has 1 unspecified atom stereocenters. The SMILES string of the molecule is Clc1ccc(CC[C@H]2CC2c2ccccc2)cc1Cl. The molecule has 3 rings (SSSR count). The molecular formula is C17H16Cl2. The molecule has 0 heterocycles. The molecule has 1 aliphatic rings. The summed E-state index contributed by atoms with van der Waals surface area (Å²) >= 11 is 12.0. The summed E-state index contributed by atoms with van der Waals surface area (Å²) in [4.78, 5) is 0. The third-order valence-electron chi connectivity index (χ3n) is 3.94. The minimum atomic E-state index is 0.638. The second-order valence-electron chi connectivity index (χ2n) is 5.30. The van der Waals surface area contributed by atoms with E-state index in [4.69, 9.17) is 23.2 Å². The number of halogens is 2. The van der Waals surface area contributed by atoms with Crippen molar-refractivity contribution in [3.05, 3.63) is 69.7 Å². The van der Waals surface area contributed by atoms with Gasteiger partial charge in [-0.15, -0.1) is 0 Å². The van der Waals surface area contributed by atoms with Crippen LogP contribution in [0.4, 0.5) is 0 Å². The number of hydrogen-bond donors (Lipinski definition) is 0. The van der Waals surface area contributed by atoms with Crippen molar-refractivity contribution in [2.24, 2.45) is 5.92 Å². The van der Waals surface area contributed by atoms with Crippen molar-refractivity contribution in [1.29, 1.82) is 0 Å². The zero-order valence-corrected chi connectivity index (χ0v) is 12.2. The average molecular weight is 291 g/mol. The van der Waals surface area contributed by atoms with Crippen LogP contribution < -0.4 is 0 Å². The molecule has 0 aromatic heterocycles. The predicted octanol–water partition coefficient (Wildman–Crippen LogP) is 5.73. The van der Waals surface area contributed by atoms with Crippen LogP contribution in [0.1, 0.15) is 29.9 Å². The Balaban J connectivity index is 1.56. The molecule has 2 aromatic carbocycles. The second kappa shape index (κ2) is 5.56. The highest BCUT2D eigenvalue weighted by Gasteiger charge is 2.37. The molecule has 2 aromatic rings. The van der Waals surface area contributed by atoms with Crippen LogP contribution in [-0.4, -0.2) is 0 Å². The van der Waals surface area contributed by atoms with Gasteiger partial charge >= 0.3 is 0 Å². The first-order chi connectivity index (χ1) is 9.24. The second-order valence-corrected chi connectivity index (χ2v) is 6.11. The van der Waals surface area contributed by atoms with Crippen LogP contribution in [0.5, 0.6) is 0 Å². The summed E-state index contributed by atoms with van der Waals surface area (Å²) in [5.41, 5.74) is 2.77. The molecule has 0 bridgehead atoms. The van der Waals surface area contributed by atoms with E-state index in [1.807, 2.05) is 12.1 Å². The van der Waals surface area contributed by atoms with E-state index in [1.165, 1.54) is 24.0 Å². The van der Waals surface area contributed by atoms with E-state index in [2.05, 4.69) is 36.4 Å². The summed E-state index contributed by atoms with van der Waals surface area (Å²) in [7, 11) is 0. The van der Waals surface area contributed by atoms with Gasteiger partial charge in [-0.1, -0.05) is 59.6 Å². The Kier molecular flexibility index (Phi) is 3.81. The summed E-state index contributed by atoms with van der Waals surface area (Å²) in [6.07, 6.45) is 3.65. The van der Waals surface area contributed by atoms with Crippen LogP contribution in [0, 0.1) is 5.92 Å². The first-order valence-corrected chi connectivity index (χ1v) is 7.48. The van der Waals surface area contributed by atoms with E-state index in [0.29, 0.717) is 10.0 Å². The van der Waals surface area contributed by atoms with Gasteiger partial charge in [0, 0.05) is 0 Å². The summed E-state index contributed by atoms with van der Waals surface area (Å²) in [6.45, 7) is 0. The molecule has 1 saturated carbocycles. The molecule has 1 fully saturated rings. The van der Waals surface area contributed by atoms with Crippen molar-refractivity contribution < 1.29 is 0 Å². The topological polar surface area (TPSA) is 0 Å². The molecule has 2 heteroatoms. The van der Waals surface area contributed by atoms with Crippen LogP contribution in [-0.2, 0) is 6.42 Å². The monoisotopic (exact) mass is 290 g/mol. The van der Waals surface area contributed by atoms with Gasteiger partial charge in [0.1, 0.15) is 0 Å². The maximum atomic E-state index is 6.04. The predicted molar refractivity (Wildman–Crippen MR) is 82.1 cm³/mol. The van der Waals surface area contributed by atoms with E-state index in [0.717, 1.165) is 18.3 Å². The molecule has 19 heavy (non-hydrogen) atoms. The van der Waals surface area contributed by atoms with Crippen molar-refractivity contribution in [3.8, 4) is 0 Å². The highest BCUT2D eigenvalue weighted by molar-refractivity contribution is 6.42. The molecule has 0 amide bonds. The van der Waals surface area contributed by atoms with E-state index in [-0.39, 0.29) is 0 Å². The zero-order valence-electron chi connectivity index (χ0n) is 10.7. The van der Waals surface area contributed by atoms with Crippen molar-refractivity contribution in [1.82, 2.24) is 0 Å². The zero-order chi connectivity index (χ0) is 13.2. The number of benzene rings is 2. The van der Waals surface area contributed by atoms with E-state index in [1.54, 1.807) is 0 Å². The van der Waals surface area contributed by atoms with Crippen molar-refractivity contribution >= 4 is 23.2 Å². The fraction of sp³-hybridized carbons (Fsp3) is 0.294. The minimum Gasteiger partial charge on any atom is -0.0827 e. The van der Waals surface area contributed by atoms with Gasteiger partial charge < -0.3 is 0 Å². The van der Waals surface area contributed by atoms with Crippen LogP contribution in [0.15, 0.2) is 48.5 Å². The summed E-state index contributed by atoms with van der Waals surface area (Å²) < 4.78 is 0. The third-order valence-corrected chi connectivity index (χ3v) is 4.68. The van der Waals surface area contributed by atoms with Gasteiger partial charge in [-0.2, -0.15) is 0 Å². The smallest absolute Gasteiger partial charge is 0.0595 e. The largest absolute Gasteiger partial charge is 0.0827 e. The standard InChI is InChI=1S/C17H16Cl2/c18-16-9-7-12(10-17(16)19)6-8-14-11-15(14)13-4-2-1-3-5-13/h1-5,7,9-10,14-15H,6,8,11H2/t14-,15?/m0/s1. The summed E-state index contributed by atoms with van der Waals surface area (Å²) in [5, 5.41) is 1.30. The fourth-order valence-corrected chi connectivity index (χ4v) is 3.04. The number of aryl methyl sites for hydroxylation is 1. The van der Waals surface area contributed by atoms with Crippen LogP contribution in [0.2, 0.25) is 10.0 Å². The lowest BCUT2D eigenvalue weighted by Crippen LogP contribution is -1.89. The van der Waals surface area contributed by atoms with Gasteiger partial charge in [0.2, 0.25) is 0 Å². The Morgan fingerprint density at radius 3 is 2.47 bits per heavy atom. The highest BCUT2D eigenvalue weighted by atomic mass is 35.5. The van der Waals surface area contributed by atoms with E-state index < -0.39 is 0 Å². The molecule has 98 valence electrons. The molecule has 2 atom stereocenters. The molecule has 0 N–H and O–H groups in total. The van der Waals surface area contributed by atoms with Crippen LogP contribution >= 0.6 is 23.2 Å². The quantitative estimate of drug-likeness (QED) is 0.674. The fourth-order valence-electron chi connectivity index (χ4n) is 2.72. The van der Waals surface area contributed by atoms with Gasteiger partial charge in [-0.25, -0.2) is 0 Å². The molecule has 0 radical (unpaired) electrons. The van der Waals surface area contributed by atoms with Gasteiger partial charge in [0.25, 0.3) is 0 Å². The Morgan fingerprint density at radius 1 is 0.947 bits per heavy atom. The Hall–Kier alpha value is -0.980. The van der Waals surface area contributed by atoms with Gasteiger partial charge in [0.05, 0.1) is 10.0 Å². The maximum Gasteiger partial charge on any atom is 0.0595 e. The molecule has 0 aliphatic heterocycles. The van der Waals surface area contributed by atoms with Gasteiger partial charge in [-0.05, 0) is 54.4 Å². The van der Waals surface area contributed by atoms with Crippen LogP contribution in [0.25, 0.3) is 0 Å². The van der Waals surface area contributed by atoms with Crippen molar-refractivity contribution in [2.75, 3.05) is 0 Å². The van der Waals surface area contributed by atoms with Gasteiger partial charge in [0.15, 0.2) is 0 Å². The lowest BCUT2D eigenvalue weighted by molar-refractivity contribution is 0.703. The Bertz CT molecular complexity index is 563. The molecule has 1 aliphatic carbocycles. The van der Waals surface area contributed by atoms with E-state index >= 15 is 0 Å². The van der Waals surface area contributed by atoms with E-state index in [9.17, 15) is 0 Å². The Morgan fingerprint density at radius 2 is 1.74 bits per heavy atom. The first-order valence-electron chi connectivity index (χ1n) is 6.73. The van der Waals surface area contributed by atoms with Crippen LogP contribution in [0.3, 0.4) is 0 Å². The normalized spacial score (nSPS) is 21.4. The molecular weight excluding hydrogens is 275 g/mol. The number of rotatable bonds is 4.